The zero-order valence-corrected chi connectivity index (χ0v) is 33.8. The zero-order chi connectivity index (χ0) is 40.1. The molecule has 0 saturated carbocycles. The molecule has 0 unspecified atom stereocenters. The van der Waals surface area contributed by atoms with E-state index in [0.29, 0.717) is 5.82 Å². The second kappa shape index (κ2) is 13.2. The van der Waals surface area contributed by atoms with Crippen LogP contribution in [0.5, 0.6) is 0 Å². The van der Waals surface area contributed by atoms with Crippen LogP contribution >= 0.6 is 11.8 Å². The van der Waals surface area contributed by atoms with Crippen molar-refractivity contribution in [2.24, 2.45) is 0 Å². The molecular formula is C57H35N3S. The fourth-order valence-electron chi connectivity index (χ4n) is 10.3. The Hall–Kier alpha value is -7.53. The Kier molecular flexibility index (Phi) is 7.45. The minimum absolute atomic E-state index is 0.480. The van der Waals surface area contributed by atoms with Crippen molar-refractivity contribution in [3.05, 3.63) is 235 Å². The van der Waals surface area contributed by atoms with E-state index in [0.717, 1.165) is 33.8 Å². The SMILES string of the molecule is c1ccc(-c2cc(-c3cccc(-n4c5cc6c(cc5c5c7ccccc7ccc54)Sc4ccccc4C64c5ccccc5-c5ccccc54)c3)nc(-c3ccccc3)n2)cc1. The molecule has 13 rings (SSSR count). The molecule has 1 aliphatic carbocycles. The van der Waals surface area contributed by atoms with Crippen LogP contribution in [0.3, 0.4) is 0 Å². The molecule has 61 heavy (non-hydrogen) atoms. The lowest BCUT2D eigenvalue weighted by Crippen LogP contribution is -2.32. The second-order valence-electron chi connectivity index (χ2n) is 16.1. The van der Waals surface area contributed by atoms with Crippen LogP contribution in [-0.2, 0) is 5.41 Å². The third-order valence-corrected chi connectivity index (χ3v) is 14.0. The Bertz CT molecular complexity index is 3470. The number of fused-ring (bicyclic) bond motifs is 14. The van der Waals surface area contributed by atoms with E-state index in [1.165, 1.54) is 75.7 Å². The van der Waals surface area contributed by atoms with Gasteiger partial charge in [-0.15, -0.1) is 0 Å². The van der Waals surface area contributed by atoms with Gasteiger partial charge in [-0.25, -0.2) is 9.97 Å². The van der Waals surface area contributed by atoms with E-state index >= 15 is 0 Å². The standard InChI is InChI=1S/C57H35N3S/c1-3-17-37(18-4-1)49-35-50(59-56(58-49)38-19-5-2-6-20-38)39-21-15-22-40(32-39)60-51-31-30-36-16-7-8-23-41(36)55(51)44-33-54-48(34-52(44)60)57(47-28-13-14-29-53(47)61-54)45-26-11-9-24-42(45)43-25-10-12-27-46(43)57/h1-35H. The first-order valence-electron chi connectivity index (χ1n) is 20.8. The van der Waals surface area contributed by atoms with E-state index in [4.69, 9.17) is 9.97 Å². The zero-order valence-electron chi connectivity index (χ0n) is 33.0. The topological polar surface area (TPSA) is 30.7 Å². The van der Waals surface area contributed by atoms with Crippen LogP contribution in [0, 0.1) is 0 Å². The van der Waals surface area contributed by atoms with Crippen LogP contribution in [0.2, 0.25) is 0 Å². The lowest BCUT2D eigenvalue weighted by atomic mass is 9.67. The first-order chi connectivity index (χ1) is 30.2. The van der Waals surface area contributed by atoms with Gasteiger partial charge in [0, 0.05) is 42.9 Å². The highest BCUT2D eigenvalue weighted by Crippen LogP contribution is 2.62. The normalized spacial score (nSPS) is 13.3. The van der Waals surface area contributed by atoms with E-state index in [-0.39, 0.29) is 0 Å². The summed E-state index contributed by atoms with van der Waals surface area (Å²) in [7, 11) is 0. The Morgan fingerprint density at radius 2 is 1.02 bits per heavy atom. The summed E-state index contributed by atoms with van der Waals surface area (Å²) >= 11 is 1.90. The molecular weight excluding hydrogens is 759 g/mol. The molecule has 3 nitrogen and oxygen atoms in total. The van der Waals surface area contributed by atoms with Gasteiger partial charge in [-0.2, -0.15) is 0 Å². The van der Waals surface area contributed by atoms with E-state index in [1.807, 2.05) is 36.0 Å². The smallest absolute Gasteiger partial charge is 0.160 e. The van der Waals surface area contributed by atoms with E-state index < -0.39 is 5.41 Å². The molecule has 3 heterocycles. The highest BCUT2D eigenvalue weighted by atomic mass is 32.2. The summed E-state index contributed by atoms with van der Waals surface area (Å²) < 4.78 is 2.49. The summed E-state index contributed by atoms with van der Waals surface area (Å²) in [6.45, 7) is 0. The molecule has 2 aromatic heterocycles. The summed E-state index contributed by atoms with van der Waals surface area (Å²) in [5.74, 6) is 0.706. The second-order valence-corrected chi connectivity index (χ2v) is 17.1. The van der Waals surface area contributed by atoms with Crippen molar-refractivity contribution in [3.63, 3.8) is 0 Å². The van der Waals surface area contributed by atoms with Crippen molar-refractivity contribution >= 4 is 44.3 Å². The highest BCUT2D eigenvalue weighted by Gasteiger charge is 2.50. The summed E-state index contributed by atoms with van der Waals surface area (Å²) in [6, 6.07) is 77.3. The van der Waals surface area contributed by atoms with Gasteiger partial charge in [0.2, 0.25) is 0 Å². The Morgan fingerprint density at radius 3 is 1.79 bits per heavy atom. The monoisotopic (exact) mass is 793 g/mol. The molecule has 2 aliphatic rings. The van der Waals surface area contributed by atoms with Crippen LogP contribution in [0.25, 0.3) is 83.3 Å². The molecule has 284 valence electrons. The maximum atomic E-state index is 5.23. The molecule has 0 radical (unpaired) electrons. The van der Waals surface area contributed by atoms with E-state index in [2.05, 4.69) is 193 Å². The minimum Gasteiger partial charge on any atom is -0.309 e. The van der Waals surface area contributed by atoms with Gasteiger partial charge in [0.15, 0.2) is 5.82 Å². The first kappa shape index (κ1) is 34.3. The fourth-order valence-corrected chi connectivity index (χ4v) is 11.5. The number of benzene rings is 9. The lowest BCUT2D eigenvalue weighted by molar-refractivity contribution is 0.724. The van der Waals surface area contributed by atoms with Gasteiger partial charge in [0.25, 0.3) is 0 Å². The van der Waals surface area contributed by atoms with Gasteiger partial charge >= 0.3 is 0 Å². The summed E-state index contributed by atoms with van der Waals surface area (Å²) in [5.41, 5.74) is 15.8. The van der Waals surface area contributed by atoms with Crippen LogP contribution < -0.4 is 0 Å². The fraction of sp³-hybridized carbons (Fsp3) is 0.0175. The van der Waals surface area contributed by atoms with Crippen molar-refractivity contribution in [3.8, 4) is 50.7 Å². The number of nitrogens with zero attached hydrogens (tertiary/aromatic N) is 3. The van der Waals surface area contributed by atoms with Gasteiger partial charge in [0.1, 0.15) is 0 Å². The number of hydrogen-bond donors (Lipinski definition) is 0. The Balaban J connectivity index is 1.10. The van der Waals surface area contributed by atoms with Crippen molar-refractivity contribution < 1.29 is 0 Å². The van der Waals surface area contributed by atoms with Gasteiger partial charge in [0.05, 0.1) is 27.8 Å². The Labute approximate surface area is 357 Å². The summed E-state index contributed by atoms with van der Waals surface area (Å²) in [6.07, 6.45) is 0. The van der Waals surface area contributed by atoms with Crippen LogP contribution in [0.4, 0.5) is 0 Å². The molecule has 4 heteroatoms. The minimum atomic E-state index is -0.480. The van der Waals surface area contributed by atoms with Crippen molar-refractivity contribution in [2.45, 2.75) is 15.2 Å². The van der Waals surface area contributed by atoms with Gasteiger partial charge < -0.3 is 4.57 Å². The molecule has 1 spiro atoms. The Morgan fingerprint density at radius 1 is 0.393 bits per heavy atom. The molecule has 0 saturated heterocycles. The van der Waals surface area contributed by atoms with Crippen LogP contribution in [0.15, 0.2) is 222 Å². The van der Waals surface area contributed by atoms with Crippen molar-refractivity contribution in [2.75, 3.05) is 0 Å². The molecule has 1 aliphatic heterocycles. The average Bonchev–Trinajstić information content (AvgIpc) is 3.82. The number of aromatic nitrogens is 3. The van der Waals surface area contributed by atoms with E-state index in [9.17, 15) is 0 Å². The molecule has 0 atom stereocenters. The molecule has 0 amide bonds. The molecule has 0 N–H and O–H groups in total. The lowest BCUT2D eigenvalue weighted by Gasteiger charge is -2.39. The maximum absolute atomic E-state index is 5.23. The van der Waals surface area contributed by atoms with Crippen LogP contribution in [-0.4, -0.2) is 14.5 Å². The molecule has 9 aromatic carbocycles. The molecule has 0 fully saturated rings. The molecule has 11 aromatic rings. The highest BCUT2D eigenvalue weighted by molar-refractivity contribution is 7.99. The number of rotatable bonds is 4. The van der Waals surface area contributed by atoms with Gasteiger partial charge in [-0.1, -0.05) is 182 Å². The van der Waals surface area contributed by atoms with Gasteiger partial charge in [-0.05, 0) is 86.6 Å². The summed E-state index contributed by atoms with van der Waals surface area (Å²) in [4.78, 5) is 12.9. The quantitative estimate of drug-likeness (QED) is 0.178. The summed E-state index contributed by atoms with van der Waals surface area (Å²) in [5, 5.41) is 5.00. The average molecular weight is 794 g/mol. The molecule has 0 bridgehead atoms. The van der Waals surface area contributed by atoms with Crippen LogP contribution in [0.1, 0.15) is 22.3 Å². The largest absolute Gasteiger partial charge is 0.309 e. The first-order valence-corrected chi connectivity index (χ1v) is 21.6. The predicted molar refractivity (Wildman–Crippen MR) is 252 cm³/mol. The van der Waals surface area contributed by atoms with E-state index in [1.54, 1.807) is 0 Å². The van der Waals surface area contributed by atoms with Crippen molar-refractivity contribution in [1.29, 1.82) is 0 Å². The predicted octanol–water partition coefficient (Wildman–Crippen LogP) is 14.6. The number of hydrogen-bond acceptors (Lipinski definition) is 3. The third-order valence-electron chi connectivity index (χ3n) is 12.9. The van der Waals surface area contributed by atoms with Gasteiger partial charge in [-0.3, -0.25) is 0 Å². The maximum Gasteiger partial charge on any atom is 0.160 e. The van der Waals surface area contributed by atoms with Crippen molar-refractivity contribution in [1.82, 2.24) is 14.5 Å². The third kappa shape index (κ3) is 5.00.